The summed E-state index contributed by atoms with van der Waals surface area (Å²) < 4.78 is 13.8. The summed E-state index contributed by atoms with van der Waals surface area (Å²) in [6.45, 7) is 4.41. The Morgan fingerprint density at radius 2 is 2.30 bits per heavy atom. The number of nitrogens with two attached hydrogens (primary N) is 1. The van der Waals surface area contributed by atoms with Gasteiger partial charge in [0.1, 0.15) is 5.82 Å². The van der Waals surface area contributed by atoms with Crippen molar-refractivity contribution >= 4 is 5.91 Å². The maximum Gasteiger partial charge on any atom is 0.254 e. The highest BCUT2D eigenvalue weighted by molar-refractivity contribution is 5.95. The van der Waals surface area contributed by atoms with Gasteiger partial charge in [-0.2, -0.15) is 0 Å². The SMILES string of the molecule is Cc1ccc(F)c(C(=O)NC2(CN)CCCC(C)C2)c1. The van der Waals surface area contributed by atoms with E-state index in [1.54, 1.807) is 12.1 Å². The number of aryl methyl sites for hydroxylation is 1. The van der Waals surface area contributed by atoms with Crippen molar-refractivity contribution in [3.63, 3.8) is 0 Å². The monoisotopic (exact) mass is 278 g/mol. The van der Waals surface area contributed by atoms with Crippen LogP contribution in [-0.2, 0) is 0 Å². The van der Waals surface area contributed by atoms with Crippen LogP contribution >= 0.6 is 0 Å². The van der Waals surface area contributed by atoms with Crippen LogP contribution in [0.1, 0.15) is 48.5 Å². The minimum atomic E-state index is -0.482. The molecule has 110 valence electrons. The highest BCUT2D eigenvalue weighted by atomic mass is 19.1. The second kappa shape index (κ2) is 5.92. The van der Waals surface area contributed by atoms with Gasteiger partial charge in [0.05, 0.1) is 11.1 Å². The van der Waals surface area contributed by atoms with Crippen molar-refractivity contribution in [2.45, 2.75) is 45.1 Å². The lowest BCUT2D eigenvalue weighted by Gasteiger charge is -2.40. The Kier molecular flexibility index (Phi) is 4.43. The van der Waals surface area contributed by atoms with Crippen LogP contribution in [0.5, 0.6) is 0 Å². The van der Waals surface area contributed by atoms with E-state index in [-0.39, 0.29) is 17.0 Å². The van der Waals surface area contributed by atoms with Gasteiger partial charge >= 0.3 is 0 Å². The van der Waals surface area contributed by atoms with Crippen LogP contribution in [-0.4, -0.2) is 18.0 Å². The van der Waals surface area contributed by atoms with Crippen molar-refractivity contribution in [2.24, 2.45) is 11.7 Å². The third kappa shape index (κ3) is 3.18. The second-order valence-electron chi connectivity index (χ2n) is 6.12. The third-order valence-corrected chi connectivity index (χ3v) is 4.23. The first-order valence-electron chi connectivity index (χ1n) is 7.24. The maximum atomic E-state index is 13.8. The summed E-state index contributed by atoms with van der Waals surface area (Å²) in [4.78, 5) is 12.4. The van der Waals surface area contributed by atoms with Crippen molar-refractivity contribution in [1.29, 1.82) is 0 Å². The van der Waals surface area contributed by atoms with Gasteiger partial charge < -0.3 is 11.1 Å². The standard InChI is InChI=1S/C16H23FN2O/c1-11-5-6-14(17)13(8-11)15(20)19-16(10-18)7-3-4-12(2)9-16/h5-6,8,12H,3-4,7,9-10,18H2,1-2H3,(H,19,20). The number of hydrogen-bond acceptors (Lipinski definition) is 2. The molecule has 20 heavy (non-hydrogen) atoms. The molecule has 2 atom stereocenters. The highest BCUT2D eigenvalue weighted by Crippen LogP contribution is 2.32. The van der Waals surface area contributed by atoms with Gasteiger partial charge in [-0.25, -0.2) is 4.39 Å². The summed E-state index contributed by atoms with van der Waals surface area (Å²) in [7, 11) is 0. The van der Waals surface area contributed by atoms with Gasteiger partial charge in [0.25, 0.3) is 5.91 Å². The Labute approximate surface area is 119 Å². The average molecular weight is 278 g/mol. The van der Waals surface area contributed by atoms with Gasteiger partial charge in [-0.1, -0.05) is 31.4 Å². The van der Waals surface area contributed by atoms with E-state index in [2.05, 4.69) is 12.2 Å². The van der Waals surface area contributed by atoms with E-state index in [0.717, 1.165) is 31.2 Å². The number of rotatable bonds is 3. The largest absolute Gasteiger partial charge is 0.345 e. The topological polar surface area (TPSA) is 55.1 Å². The second-order valence-corrected chi connectivity index (χ2v) is 6.12. The molecule has 2 unspecified atom stereocenters. The van der Waals surface area contributed by atoms with E-state index in [1.165, 1.54) is 6.07 Å². The number of hydrogen-bond donors (Lipinski definition) is 2. The molecule has 0 aliphatic heterocycles. The molecule has 1 aromatic rings. The number of carbonyl (C=O) groups is 1. The molecule has 4 heteroatoms. The van der Waals surface area contributed by atoms with Gasteiger partial charge in [0.15, 0.2) is 0 Å². The molecule has 1 saturated carbocycles. The summed E-state index contributed by atoms with van der Waals surface area (Å²) in [5.41, 5.74) is 6.48. The van der Waals surface area contributed by atoms with Gasteiger partial charge in [0.2, 0.25) is 0 Å². The van der Waals surface area contributed by atoms with E-state index in [1.807, 2.05) is 6.92 Å². The fraction of sp³-hybridized carbons (Fsp3) is 0.562. The predicted octanol–water partition coefficient (Wildman–Crippen LogP) is 2.77. The molecule has 1 aliphatic rings. The van der Waals surface area contributed by atoms with Crippen molar-refractivity contribution < 1.29 is 9.18 Å². The van der Waals surface area contributed by atoms with Crippen LogP contribution in [0.4, 0.5) is 4.39 Å². The maximum absolute atomic E-state index is 13.8. The molecule has 2 rings (SSSR count). The van der Waals surface area contributed by atoms with Gasteiger partial charge in [0, 0.05) is 6.54 Å². The van der Waals surface area contributed by atoms with E-state index < -0.39 is 5.82 Å². The Morgan fingerprint density at radius 1 is 1.55 bits per heavy atom. The Morgan fingerprint density at radius 3 is 2.95 bits per heavy atom. The minimum Gasteiger partial charge on any atom is -0.345 e. The fourth-order valence-electron chi connectivity index (χ4n) is 3.13. The number of benzene rings is 1. The molecule has 1 aliphatic carbocycles. The van der Waals surface area contributed by atoms with Crippen LogP contribution in [0.25, 0.3) is 0 Å². The molecule has 0 saturated heterocycles. The van der Waals surface area contributed by atoms with Crippen LogP contribution in [0.2, 0.25) is 0 Å². The summed E-state index contributed by atoms with van der Waals surface area (Å²) in [6.07, 6.45) is 3.95. The van der Waals surface area contributed by atoms with Crippen LogP contribution < -0.4 is 11.1 Å². The Bertz CT molecular complexity index is 503. The number of halogens is 1. The van der Waals surface area contributed by atoms with Gasteiger partial charge in [-0.05, 0) is 37.8 Å². The van der Waals surface area contributed by atoms with Crippen LogP contribution in [0, 0.1) is 18.7 Å². The van der Waals surface area contributed by atoms with Crippen molar-refractivity contribution in [3.05, 3.63) is 35.1 Å². The molecule has 1 amide bonds. The van der Waals surface area contributed by atoms with Crippen molar-refractivity contribution in [2.75, 3.05) is 6.54 Å². The zero-order chi connectivity index (χ0) is 14.8. The Hall–Kier alpha value is -1.42. The molecule has 1 aromatic carbocycles. The zero-order valence-corrected chi connectivity index (χ0v) is 12.2. The summed E-state index contributed by atoms with van der Waals surface area (Å²) in [5, 5.41) is 2.99. The zero-order valence-electron chi connectivity index (χ0n) is 12.2. The summed E-state index contributed by atoms with van der Waals surface area (Å²) >= 11 is 0. The number of nitrogens with one attached hydrogen (secondary N) is 1. The molecular weight excluding hydrogens is 255 g/mol. The Balaban J connectivity index is 2.19. The van der Waals surface area contributed by atoms with E-state index in [4.69, 9.17) is 5.73 Å². The third-order valence-electron chi connectivity index (χ3n) is 4.23. The normalized spacial score (nSPS) is 26.3. The molecule has 3 N–H and O–H groups in total. The predicted molar refractivity (Wildman–Crippen MR) is 78.0 cm³/mol. The van der Waals surface area contributed by atoms with Crippen molar-refractivity contribution in [3.8, 4) is 0 Å². The van der Waals surface area contributed by atoms with Gasteiger partial charge in [-0.15, -0.1) is 0 Å². The minimum absolute atomic E-state index is 0.107. The molecule has 3 nitrogen and oxygen atoms in total. The first-order valence-corrected chi connectivity index (χ1v) is 7.24. The van der Waals surface area contributed by atoms with Crippen LogP contribution in [0.15, 0.2) is 18.2 Å². The van der Waals surface area contributed by atoms with Gasteiger partial charge in [-0.3, -0.25) is 4.79 Å². The highest BCUT2D eigenvalue weighted by Gasteiger charge is 2.35. The molecule has 0 radical (unpaired) electrons. The smallest absolute Gasteiger partial charge is 0.254 e. The molecule has 0 heterocycles. The molecule has 0 bridgehead atoms. The van der Waals surface area contributed by atoms with E-state index in [0.29, 0.717) is 12.5 Å². The quantitative estimate of drug-likeness (QED) is 0.893. The average Bonchev–Trinajstić information content (AvgIpc) is 2.41. The van der Waals surface area contributed by atoms with E-state index >= 15 is 0 Å². The molecule has 1 fully saturated rings. The first kappa shape index (κ1) is 15.0. The fourth-order valence-corrected chi connectivity index (χ4v) is 3.13. The lowest BCUT2D eigenvalue weighted by molar-refractivity contribution is 0.0849. The van der Waals surface area contributed by atoms with E-state index in [9.17, 15) is 9.18 Å². The summed E-state index contributed by atoms with van der Waals surface area (Å²) in [5.74, 6) is -0.301. The van der Waals surface area contributed by atoms with Crippen LogP contribution in [0.3, 0.4) is 0 Å². The first-order chi connectivity index (χ1) is 9.46. The van der Waals surface area contributed by atoms with Crippen molar-refractivity contribution in [1.82, 2.24) is 5.32 Å². The summed E-state index contributed by atoms with van der Waals surface area (Å²) in [6, 6.07) is 4.58. The molecular formula is C16H23FN2O. The molecule has 0 aromatic heterocycles. The lowest BCUT2D eigenvalue weighted by Crippen LogP contribution is -2.56. The molecule has 0 spiro atoms. The number of amides is 1. The number of carbonyl (C=O) groups excluding carboxylic acids is 1. The lowest BCUT2D eigenvalue weighted by atomic mass is 9.76.